The second-order valence-corrected chi connectivity index (χ2v) is 4.79. The maximum Gasteiger partial charge on any atom is 0.189 e. The summed E-state index contributed by atoms with van der Waals surface area (Å²) in [4.78, 5) is 8.58. The van der Waals surface area contributed by atoms with Crippen molar-refractivity contribution in [2.75, 3.05) is 18.7 Å². The number of anilines is 2. The molecule has 2 heterocycles. The van der Waals surface area contributed by atoms with Gasteiger partial charge in [-0.1, -0.05) is 23.9 Å². The van der Waals surface area contributed by atoms with Crippen LogP contribution in [0.4, 0.5) is 11.6 Å². The summed E-state index contributed by atoms with van der Waals surface area (Å²) in [5.74, 6) is 1.89. The summed E-state index contributed by atoms with van der Waals surface area (Å²) in [7, 11) is 1.59. The Kier molecular flexibility index (Phi) is 3.42. The summed E-state index contributed by atoms with van der Waals surface area (Å²) >= 11 is 1.47. The van der Waals surface area contributed by atoms with Crippen molar-refractivity contribution in [3.63, 3.8) is 0 Å². The lowest BCUT2D eigenvalue weighted by atomic mass is 10.2. The molecule has 0 aliphatic rings. The zero-order valence-electron chi connectivity index (χ0n) is 11.0. The number of hydrogen-bond acceptors (Lipinski definition) is 6. The van der Waals surface area contributed by atoms with Gasteiger partial charge in [0, 0.05) is 5.39 Å². The van der Waals surface area contributed by atoms with Crippen molar-refractivity contribution in [2.24, 2.45) is 0 Å². The van der Waals surface area contributed by atoms with Crippen molar-refractivity contribution in [1.82, 2.24) is 20.2 Å². The van der Waals surface area contributed by atoms with Crippen molar-refractivity contribution in [3.8, 4) is 5.75 Å². The van der Waals surface area contributed by atoms with Crippen LogP contribution in [-0.4, -0.2) is 33.5 Å². The molecule has 0 unspecified atom stereocenters. The highest BCUT2D eigenvalue weighted by Crippen LogP contribution is 2.28. The van der Waals surface area contributed by atoms with E-state index in [-0.39, 0.29) is 0 Å². The molecule has 0 atom stereocenters. The molecule has 20 heavy (non-hydrogen) atoms. The predicted molar refractivity (Wildman–Crippen MR) is 79.7 cm³/mol. The number of H-pyrrole nitrogens is 1. The van der Waals surface area contributed by atoms with Crippen molar-refractivity contribution in [1.29, 1.82) is 0 Å². The first kappa shape index (κ1) is 12.7. The van der Waals surface area contributed by atoms with Crippen LogP contribution < -0.4 is 10.1 Å². The Bertz CT molecular complexity index is 742. The van der Waals surface area contributed by atoms with E-state index in [1.54, 1.807) is 13.3 Å². The van der Waals surface area contributed by atoms with Crippen LogP contribution >= 0.6 is 11.8 Å². The van der Waals surface area contributed by atoms with Gasteiger partial charge in [-0.25, -0.2) is 9.97 Å². The molecular formula is C13H13N5OS. The lowest BCUT2D eigenvalue weighted by Crippen LogP contribution is -2.00. The molecule has 2 aromatic heterocycles. The van der Waals surface area contributed by atoms with Crippen LogP contribution in [-0.2, 0) is 0 Å². The second kappa shape index (κ2) is 5.38. The quantitative estimate of drug-likeness (QED) is 0.567. The van der Waals surface area contributed by atoms with Crippen molar-refractivity contribution >= 4 is 34.3 Å². The summed E-state index contributed by atoms with van der Waals surface area (Å²) in [6, 6.07) is 7.89. The summed E-state index contributed by atoms with van der Waals surface area (Å²) in [6.45, 7) is 0. The molecule has 0 fully saturated rings. The number of methoxy groups -OCH3 is 1. The van der Waals surface area contributed by atoms with Gasteiger partial charge in [0.2, 0.25) is 0 Å². The molecule has 0 aliphatic carbocycles. The van der Waals surface area contributed by atoms with E-state index in [4.69, 9.17) is 4.74 Å². The Labute approximate surface area is 120 Å². The van der Waals surface area contributed by atoms with Gasteiger partial charge in [0.15, 0.2) is 22.5 Å². The van der Waals surface area contributed by atoms with Crippen LogP contribution in [0, 0.1) is 0 Å². The molecule has 3 rings (SSSR count). The van der Waals surface area contributed by atoms with E-state index in [0.29, 0.717) is 22.5 Å². The molecule has 0 saturated carbocycles. The summed E-state index contributed by atoms with van der Waals surface area (Å²) < 4.78 is 5.27. The molecule has 6 nitrogen and oxygen atoms in total. The highest BCUT2D eigenvalue weighted by Gasteiger charge is 2.11. The zero-order valence-corrected chi connectivity index (χ0v) is 11.9. The normalized spacial score (nSPS) is 10.7. The van der Waals surface area contributed by atoms with Crippen LogP contribution in [0.1, 0.15) is 0 Å². The van der Waals surface area contributed by atoms with Crippen LogP contribution in [0.2, 0.25) is 0 Å². The number of thioether (sulfide) groups is 1. The van der Waals surface area contributed by atoms with Crippen LogP contribution in [0.3, 0.4) is 0 Å². The minimum absolute atomic E-state index is 0.579. The predicted octanol–water partition coefficient (Wildman–Crippen LogP) is 2.83. The monoisotopic (exact) mass is 287 g/mol. The molecule has 0 radical (unpaired) electrons. The minimum atomic E-state index is 0.579. The average Bonchev–Trinajstić information content (AvgIpc) is 2.90. The number of aromatic amines is 1. The molecule has 3 aromatic rings. The number of nitrogens with one attached hydrogen (secondary N) is 2. The van der Waals surface area contributed by atoms with Gasteiger partial charge in [0.25, 0.3) is 0 Å². The van der Waals surface area contributed by atoms with E-state index < -0.39 is 0 Å². The largest absolute Gasteiger partial charge is 0.491 e. The Morgan fingerprint density at radius 2 is 2.10 bits per heavy atom. The van der Waals surface area contributed by atoms with E-state index in [0.717, 1.165) is 10.9 Å². The highest BCUT2D eigenvalue weighted by atomic mass is 32.2. The Morgan fingerprint density at radius 1 is 1.25 bits per heavy atom. The van der Waals surface area contributed by atoms with Gasteiger partial charge in [-0.15, -0.1) is 0 Å². The van der Waals surface area contributed by atoms with Gasteiger partial charge in [-0.3, -0.25) is 5.10 Å². The number of rotatable bonds is 4. The van der Waals surface area contributed by atoms with Crippen LogP contribution in [0.5, 0.6) is 5.75 Å². The summed E-state index contributed by atoms with van der Waals surface area (Å²) in [6.07, 6.45) is 3.57. The molecule has 0 aliphatic heterocycles. The maximum atomic E-state index is 5.27. The molecule has 102 valence electrons. The molecular weight excluding hydrogens is 274 g/mol. The fourth-order valence-electron chi connectivity index (χ4n) is 1.86. The lowest BCUT2D eigenvalue weighted by molar-refractivity contribution is 0.411. The third-order valence-corrected chi connectivity index (χ3v) is 3.40. The number of ether oxygens (including phenoxy) is 1. The van der Waals surface area contributed by atoms with Gasteiger partial charge in [0.1, 0.15) is 0 Å². The van der Waals surface area contributed by atoms with Gasteiger partial charge >= 0.3 is 0 Å². The van der Waals surface area contributed by atoms with E-state index in [1.165, 1.54) is 11.8 Å². The van der Waals surface area contributed by atoms with Gasteiger partial charge < -0.3 is 10.1 Å². The van der Waals surface area contributed by atoms with Crippen LogP contribution in [0.25, 0.3) is 10.9 Å². The van der Waals surface area contributed by atoms with E-state index >= 15 is 0 Å². The fraction of sp³-hybridized carbons (Fsp3) is 0.154. The molecule has 0 bridgehead atoms. The molecule has 1 aromatic carbocycles. The number of benzene rings is 1. The Balaban J connectivity index is 2.01. The number of nitrogens with zero attached hydrogens (tertiary/aromatic N) is 3. The van der Waals surface area contributed by atoms with Crippen molar-refractivity contribution in [2.45, 2.75) is 5.16 Å². The first-order chi connectivity index (χ1) is 9.81. The molecule has 7 heteroatoms. The van der Waals surface area contributed by atoms with Gasteiger partial charge in [-0.05, 0) is 18.4 Å². The SMILES string of the molecule is COc1cnc(SC)nc1Nc1n[nH]c2ccccc12. The molecule has 0 spiro atoms. The highest BCUT2D eigenvalue weighted by molar-refractivity contribution is 7.98. The summed E-state index contributed by atoms with van der Waals surface area (Å²) in [5.41, 5.74) is 0.966. The number of aromatic nitrogens is 4. The van der Waals surface area contributed by atoms with Crippen molar-refractivity contribution < 1.29 is 4.74 Å². The third-order valence-electron chi connectivity index (χ3n) is 2.84. The average molecular weight is 287 g/mol. The lowest BCUT2D eigenvalue weighted by Gasteiger charge is -2.08. The minimum Gasteiger partial charge on any atom is -0.491 e. The van der Waals surface area contributed by atoms with Crippen LogP contribution in [0.15, 0.2) is 35.6 Å². The van der Waals surface area contributed by atoms with E-state index in [1.807, 2.05) is 30.5 Å². The van der Waals surface area contributed by atoms with Gasteiger partial charge in [0.05, 0.1) is 18.8 Å². The summed E-state index contributed by atoms with van der Waals surface area (Å²) in [5, 5.41) is 12.1. The van der Waals surface area contributed by atoms with Gasteiger partial charge in [-0.2, -0.15) is 5.10 Å². The Hall–Kier alpha value is -2.28. The number of para-hydroxylation sites is 1. The van der Waals surface area contributed by atoms with E-state index in [2.05, 4.69) is 25.5 Å². The third kappa shape index (κ3) is 2.27. The fourth-order valence-corrected chi connectivity index (χ4v) is 2.20. The number of fused-ring (bicyclic) bond motifs is 1. The smallest absolute Gasteiger partial charge is 0.189 e. The standard InChI is InChI=1S/C13H13N5OS/c1-19-10-7-14-13(20-2)16-12(10)15-11-8-5-3-4-6-9(8)17-18-11/h3-7H,1-2H3,(H2,14,15,16,17,18). The number of hydrogen-bond donors (Lipinski definition) is 2. The first-order valence-electron chi connectivity index (χ1n) is 5.97. The topological polar surface area (TPSA) is 75.7 Å². The second-order valence-electron chi connectivity index (χ2n) is 4.02. The van der Waals surface area contributed by atoms with E-state index in [9.17, 15) is 0 Å². The zero-order chi connectivity index (χ0) is 13.9. The first-order valence-corrected chi connectivity index (χ1v) is 7.19. The molecule has 0 amide bonds. The Morgan fingerprint density at radius 3 is 2.90 bits per heavy atom. The maximum absolute atomic E-state index is 5.27. The van der Waals surface area contributed by atoms with Crippen molar-refractivity contribution in [3.05, 3.63) is 30.5 Å². The molecule has 2 N–H and O–H groups in total. The molecule has 0 saturated heterocycles.